The number of aromatic nitrogens is 1. The van der Waals surface area contributed by atoms with Crippen LogP contribution in [0, 0.1) is 12.8 Å². The van der Waals surface area contributed by atoms with Crippen molar-refractivity contribution in [1.29, 1.82) is 0 Å². The molecule has 5 nitrogen and oxygen atoms in total. The van der Waals surface area contributed by atoms with Crippen LogP contribution < -0.4 is 4.74 Å². The summed E-state index contributed by atoms with van der Waals surface area (Å²) in [5, 5.41) is 9.63. The minimum absolute atomic E-state index is 0.0394. The molecule has 5 heteroatoms. The van der Waals surface area contributed by atoms with Crippen molar-refractivity contribution in [2.24, 2.45) is 5.92 Å². The van der Waals surface area contributed by atoms with E-state index in [1.54, 1.807) is 7.11 Å². The molecule has 1 aliphatic heterocycles. The zero-order valence-electron chi connectivity index (χ0n) is 14.0. The zero-order valence-corrected chi connectivity index (χ0v) is 14.0. The van der Waals surface area contributed by atoms with Crippen LogP contribution >= 0.6 is 0 Å². The summed E-state index contributed by atoms with van der Waals surface area (Å²) >= 11 is 0. The van der Waals surface area contributed by atoms with Crippen LogP contribution in [0.3, 0.4) is 0 Å². The number of carbonyl (C=O) groups is 1. The number of likely N-dealkylation sites (tertiary alicyclic amines) is 1. The van der Waals surface area contributed by atoms with Crippen LogP contribution in [0.25, 0.3) is 0 Å². The Hall–Kier alpha value is -2.40. The largest absolute Gasteiger partial charge is 0.497 e. The number of hydrogen-bond donors (Lipinski definition) is 1. The highest BCUT2D eigenvalue weighted by atomic mass is 16.5. The molecular weight excluding hydrogens is 304 g/mol. The van der Waals surface area contributed by atoms with Crippen molar-refractivity contribution >= 4 is 5.97 Å². The number of nitrogens with zero attached hydrogens (tertiary/aromatic N) is 2. The van der Waals surface area contributed by atoms with Gasteiger partial charge >= 0.3 is 5.97 Å². The van der Waals surface area contributed by atoms with Gasteiger partial charge in [0.05, 0.1) is 18.7 Å². The molecule has 1 aliphatic rings. The van der Waals surface area contributed by atoms with Crippen LogP contribution in [-0.4, -0.2) is 41.2 Å². The minimum Gasteiger partial charge on any atom is -0.497 e. The Morgan fingerprint density at radius 3 is 2.79 bits per heavy atom. The van der Waals surface area contributed by atoms with Gasteiger partial charge in [0.2, 0.25) is 0 Å². The van der Waals surface area contributed by atoms with Crippen LogP contribution in [0.5, 0.6) is 5.75 Å². The number of carboxylic acid groups (broad SMARTS) is 1. The number of benzene rings is 1. The van der Waals surface area contributed by atoms with Crippen LogP contribution in [0.4, 0.5) is 0 Å². The van der Waals surface area contributed by atoms with E-state index in [0.717, 1.165) is 22.7 Å². The second kappa shape index (κ2) is 7.01. The van der Waals surface area contributed by atoms with Gasteiger partial charge in [-0.15, -0.1) is 0 Å². The maximum absolute atomic E-state index is 11.7. The molecule has 0 radical (unpaired) electrons. The van der Waals surface area contributed by atoms with Gasteiger partial charge in [-0.3, -0.25) is 14.7 Å². The van der Waals surface area contributed by atoms with Crippen molar-refractivity contribution in [2.75, 3.05) is 20.2 Å². The number of hydrogen-bond acceptors (Lipinski definition) is 4. The predicted molar refractivity (Wildman–Crippen MR) is 91.1 cm³/mol. The Morgan fingerprint density at radius 2 is 2.08 bits per heavy atom. The van der Waals surface area contributed by atoms with E-state index < -0.39 is 11.9 Å². The Bertz CT molecular complexity index is 732. The number of pyridine rings is 1. The molecule has 0 saturated carbocycles. The molecule has 126 valence electrons. The summed E-state index contributed by atoms with van der Waals surface area (Å²) in [6, 6.07) is 13.7. The molecule has 1 N–H and O–H groups in total. The highest BCUT2D eigenvalue weighted by molar-refractivity contribution is 5.72. The van der Waals surface area contributed by atoms with Crippen molar-refractivity contribution in [2.45, 2.75) is 19.4 Å². The van der Waals surface area contributed by atoms with Crippen molar-refractivity contribution in [1.82, 2.24) is 9.88 Å². The first kappa shape index (κ1) is 16.5. The second-order valence-electron chi connectivity index (χ2n) is 6.29. The fraction of sp³-hybridized carbons (Fsp3) is 0.368. The summed E-state index contributed by atoms with van der Waals surface area (Å²) in [5.41, 5.74) is 2.97. The predicted octanol–water partition coefficient (Wildman–Crippen LogP) is 2.70. The molecule has 0 amide bonds. The van der Waals surface area contributed by atoms with Crippen LogP contribution in [-0.2, 0) is 11.3 Å². The van der Waals surface area contributed by atoms with Gasteiger partial charge in [0.25, 0.3) is 0 Å². The van der Waals surface area contributed by atoms with E-state index in [2.05, 4.69) is 9.88 Å². The standard InChI is InChI=1S/C19H22N2O3/c1-13-5-3-7-15(20-13)10-21-11-17(18(12-21)19(22)23)14-6-4-8-16(9-14)24-2/h3-9,17-18H,10-12H2,1-2H3,(H,22,23)/t17-,18+/m0/s1. The van der Waals surface area contributed by atoms with Gasteiger partial charge in [-0.2, -0.15) is 0 Å². The lowest BCUT2D eigenvalue weighted by atomic mass is 9.89. The molecule has 0 spiro atoms. The van der Waals surface area contributed by atoms with Gasteiger partial charge < -0.3 is 9.84 Å². The molecule has 0 unspecified atom stereocenters. The summed E-state index contributed by atoms with van der Waals surface area (Å²) in [5.74, 6) is -0.442. The van der Waals surface area contributed by atoms with E-state index in [9.17, 15) is 9.90 Å². The average molecular weight is 326 g/mol. The third kappa shape index (κ3) is 3.57. The molecule has 0 aliphatic carbocycles. The van der Waals surface area contributed by atoms with Crippen molar-refractivity contribution in [3.63, 3.8) is 0 Å². The molecule has 2 aromatic rings. The minimum atomic E-state index is -0.748. The number of rotatable bonds is 5. The number of aryl methyl sites for hydroxylation is 1. The lowest BCUT2D eigenvalue weighted by Crippen LogP contribution is -2.23. The fourth-order valence-electron chi connectivity index (χ4n) is 3.39. The normalized spacial score (nSPS) is 20.9. The van der Waals surface area contributed by atoms with Gasteiger partial charge in [-0.25, -0.2) is 0 Å². The van der Waals surface area contributed by atoms with Gasteiger partial charge in [-0.1, -0.05) is 18.2 Å². The fourth-order valence-corrected chi connectivity index (χ4v) is 3.39. The molecule has 1 aromatic carbocycles. The van der Waals surface area contributed by atoms with Gasteiger partial charge in [-0.05, 0) is 36.8 Å². The first-order valence-corrected chi connectivity index (χ1v) is 8.08. The monoisotopic (exact) mass is 326 g/mol. The van der Waals surface area contributed by atoms with Gasteiger partial charge in [0.15, 0.2) is 0 Å². The third-order valence-corrected chi connectivity index (χ3v) is 4.57. The van der Waals surface area contributed by atoms with Crippen molar-refractivity contribution in [3.05, 3.63) is 59.4 Å². The van der Waals surface area contributed by atoms with Crippen LogP contribution in [0.1, 0.15) is 22.9 Å². The highest BCUT2D eigenvalue weighted by Gasteiger charge is 2.38. The third-order valence-electron chi connectivity index (χ3n) is 4.57. The van der Waals surface area contributed by atoms with Crippen molar-refractivity contribution in [3.8, 4) is 5.75 Å². The molecule has 0 bridgehead atoms. The molecule has 3 rings (SSSR count). The molecule has 1 aromatic heterocycles. The number of ether oxygens (including phenoxy) is 1. The van der Waals surface area contributed by atoms with Crippen LogP contribution in [0.2, 0.25) is 0 Å². The van der Waals surface area contributed by atoms with E-state index in [0.29, 0.717) is 19.6 Å². The summed E-state index contributed by atoms with van der Waals surface area (Å²) < 4.78 is 5.27. The smallest absolute Gasteiger partial charge is 0.308 e. The lowest BCUT2D eigenvalue weighted by Gasteiger charge is -2.16. The first-order valence-electron chi connectivity index (χ1n) is 8.08. The Balaban J connectivity index is 1.80. The van der Waals surface area contributed by atoms with E-state index in [1.165, 1.54) is 0 Å². The molecule has 1 saturated heterocycles. The quantitative estimate of drug-likeness (QED) is 0.915. The molecule has 2 atom stereocenters. The summed E-state index contributed by atoms with van der Waals surface area (Å²) in [6.07, 6.45) is 0. The highest BCUT2D eigenvalue weighted by Crippen LogP contribution is 2.34. The summed E-state index contributed by atoms with van der Waals surface area (Å²) in [4.78, 5) is 18.4. The maximum atomic E-state index is 11.7. The number of aliphatic carboxylic acids is 1. The zero-order chi connectivity index (χ0) is 17.1. The molecular formula is C19H22N2O3. The van der Waals surface area contributed by atoms with Crippen molar-refractivity contribution < 1.29 is 14.6 Å². The Kier molecular flexibility index (Phi) is 4.81. The Morgan fingerprint density at radius 1 is 1.29 bits per heavy atom. The summed E-state index contributed by atoms with van der Waals surface area (Å²) in [6.45, 7) is 3.88. The lowest BCUT2D eigenvalue weighted by molar-refractivity contribution is -0.141. The van der Waals surface area contributed by atoms with E-state index in [1.807, 2.05) is 49.4 Å². The Labute approximate surface area is 141 Å². The average Bonchev–Trinajstić information content (AvgIpc) is 2.99. The number of methoxy groups -OCH3 is 1. The topological polar surface area (TPSA) is 62.7 Å². The first-order chi connectivity index (χ1) is 11.6. The van der Waals surface area contributed by atoms with Gasteiger partial charge in [0, 0.05) is 31.2 Å². The molecule has 2 heterocycles. The van der Waals surface area contributed by atoms with E-state index >= 15 is 0 Å². The number of carboxylic acids is 1. The molecule has 24 heavy (non-hydrogen) atoms. The second-order valence-corrected chi connectivity index (χ2v) is 6.29. The van der Waals surface area contributed by atoms with E-state index in [-0.39, 0.29) is 5.92 Å². The maximum Gasteiger partial charge on any atom is 0.308 e. The SMILES string of the molecule is COc1cccc([C@@H]2CN(Cc3cccc(C)n3)C[C@H]2C(=O)O)c1. The molecule has 1 fully saturated rings. The summed E-state index contributed by atoms with van der Waals surface area (Å²) in [7, 11) is 1.62. The van der Waals surface area contributed by atoms with E-state index in [4.69, 9.17) is 4.74 Å². The van der Waals surface area contributed by atoms with Gasteiger partial charge in [0.1, 0.15) is 5.75 Å². The van der Waals surface area contributed by atoms with Crippen LogP contribution in [0.15, 0.2) is 42.5 Å².